The molecule has 2 aromatic rings. The van der Waals surface area contributed by atoms with Crippen molar-refractivity contribution in [2.24, 2.45) is 0 Å². The Morgan fingerprint density at radius 2 is 1.62 bits per heavy atom. The highest BCUT2D eigenvalue weighted by Gasteiger charge is 2.68. The molecule has 0 aliphatic rings. The summed E-state index contributed by atoms with van der Waals surface area (Å²) in [5.74, 6) is -2.89. The fourth-order valence-electron chi connectivity index (χ4n) is 2.26. The topological polar surface area (TPSA) is 44.2 Å². The number of fused-ring (bicyclic) bond motifs is 1. The van der Waals surface area contributed by atoms with Gasteiger partial charge in [0.2, 0.25) is 5.03 Å². The molecule has 148 valence electrons. The number of methoxy groups -OCH3 is 2. The number of hydrogen-bond donors (Lipinski definition) is 0. The van der Waals surface area contributed by atoms with Crippen LogP contribution in [0, 0.1) is 5.82 Å². The van der Waals surface area contributed by atoms with Gasteiger partial charge in [-0.05, 0) is 12.5 Å². The zero-order valence-corrected chi connectivity index (χ0v) is 15.5. The summed E-state index contributed by atoms with van der Waals surface area (Å²) in [7, 11) is -8.14. The van der Waals surface area contributed by atoms with Gasteiger partial charge in [-0.15, -0.1) is 0 Å². The van der Waals surface area contributed by atoms with Crippen molar-refractivity contribution in [2.45, 2.75) is 37.6 Å². The molecule has 26 heavy (non-hydrogen) atoms. The van der Waals surface area contributed by atoms with Crippen molar-refractivity contribution in [1.82, 2.24) is 9.97 Å². The lowest BCUT2D eigenvalue weighted by molar-refractivity contribution is 0.338. The van der Waals surface area contributed by atoms with Crippen LogP contribution in [0.25, 0.3) is 10.9 Å². The average molecular weight is 404 g/mol. The molecule has 0 radical (unpaired) electrons. The van der Waals surface area contributed by atoms with Crippen LogP contribution >= 0.6 is 10.2 Å². The van der Waals surface area contributed by atoms with Gasteiger partial charge in [0.15, 0.2) is 17.3 Å². The normalized spacial score (nSPS) is 15.5. The zero-order chi connectivity index (χ0) is 20.2. The quantitative estimate of drug-likeness (QED) is 0.444. The molecule has 1 aromatic carbocycles. The van der Waals surface area contributed by atoms with E-state index in [4.69, 9.17) is 9.47 Å². The van der Waals surface area contributed by atoms with E-state index in [9.17, 15) is 23.8 Å². The van der Waals surface area contributed by atoms with Gasteiger partial charge in [0.25, 0.3) is 0 Å². The Morgan fingerprint density at radius 3 is 2.04 bits per heavy atom. The van der Waals surface area contributed by atoms with Crippen molar-refractivity contribution in [3.63, 3.8) is 0 Å². The molecule has 0 saturated heterocycles. The van der Waals surface area contributed by atoms with Crippen LogP contribution in [0.15, 0.2) is 11.1 Å². The van der Waals surface area contributed by atoms with Crippen LogP contribution in [-0.2, 0) is 5.41 Å². The number of halogens is 6. The van der Waals surface area contributed by atoms with E-state index in [-0.39, 0.29) is 6.42 Å². The summed E-state index contributed by atoms with van der Waals surface area (Å²) in [5, 5.41) is -3.62. The van der Waals surface area contributed by atoms with Gasteiger partial charge in [-0.3, -0.25) is 0 Å². The summed E-state index contributed by atoms with van der Waals surface area (Å²) >= 11 is 0. The van der Waals surface area contributed by atoms with Crippen LogP contribution in [0.1, 0.15) is 33.0 Å². The predicted molar refractivity (Wildman–Crippen MR) is 87.3 cm³/mol. The van der Waals surface area contributed by atoms with Crippen molar-refractivity contribution in [2.75, 3.05) is 14.2 Å². The number of hydrogen-bond acceptors (Lipinski definition) is 4. The van der Waals surface area contributed by atoms with E-state index in [0.29, 0.717) is 6.07 Å². The van der Waals surface area contributed by atoms with Gasteiger partial charge in [0, 0.05) is 10.8 Å². The van der Waals surface area contributed by atoms with Crippen LogP contribution in [0.5, 0.6) is 11.5 Å². The van der Waals surface area contributed by atoms with E-state index < -0.39 is 54.7 Å². The Morgan fingerprint density at radius 1 is 1.04 bits per heavy atom. The maximum absolute atomic E-state index is 14.7. The molecule has 2 rings (SSSR count). The lowest BCUT2D eigenvalue weighted by Crippen LogP contribution is -2.22. The van der Waals surface area contributed by atoms with Crippen molar-refractivity contribution in [3.8, 4) is 11.5 Å². The summed E-state index contributed by atoms with van der Waals surface area (Å²) in [6, 6.07) is 0.604. The molecule has 0 fully saturated rings. The van der Waals surface area contributed by atoms with Crippen molar-refractivity contribution >= 4 is 21.1 Å². The van der Waals surface area contributed by atoms with Gasteiger partial charge in [-0.25, -0.2) is 14.4 Å². The number of rotatable bonds is 5. The zero-order valence-electron chi connectivity index (χ0n) is 14.7. The van der Waals surface area contributed by atoms with Gasteiger partial charge in [-0.2, -0.15) is 0 Å². The monoisotopic (exact) mass is 404 g/mol. The highest BCUT2D eigenvalue weighted by Crippen LogP contribution is 3.02. The number of benzene rings is 1. The fourth-order valence-corrected chi connectivity index (χ4v) is 3.09. The summed E-state index contributed by atoms with van der Waals surface area (Å²) in [6.45, 7) is 4.57. The molecule has 11 heteroatoms. The molecule has 4 nitrogen and oxygen atoms in total. The molecule has 0 aliphatic carbocycles. The lowest BCUT2D eigenvalue weighted by Gasteiger charge is -2.40. The molecule has 0 amide bonds. The van der Waals surface area contributed by atoms with Gasteiger partial charge in [-0.1, -0.05) is 40.2 Å². The van der Waals surface area contributed by atoms with Crippen LogP contribution < -0.4 is 9.47 Å². The lowest BCUT2D eigenvalue weighted by atomic mass is 9.89. The van der Waals surface area contributed by atoms with Crippen molar-refractivity contribution in [3.05, 3.63) is 17.7 Å². The molecule has 0 saturated carbocycles. The van der Waals surface area contributed by atoms with E-state index >= 15 is 0 Å². The second kappa shape index (κ2) is 5.30. The van der Waals surface area contributed by atoms with E-state index in [1.54, 1.807) is 6.92 Å². The predicted octanol–water partition coefficient (Wildman–Crippen LogP) is 6.13. The maximum atomic E-state index is 14.7. The molecule has 0 unspecified atom stereocenters. The first kappa shape index (κ1) is 20.4. The maximum Gasteiger partial charge on any atom is 0.326 e. The number of nitrogens with zero attached hydrogens (tertiary/aromatic N) is 2. The summed E-state index contributed by atoms with van der Waals surface area (Å²) in [6.07, 6.45) is 0.243. The van der Waals surface area contributed by atoms with E-state index in [1.807, 2.05) is 0 Å². The third-order valence-electron chi connectivity index (χ3n) is 4.10. The molecule has 0 bridgehead atoms. The first-order chi connectivity index (χ1) is 11.6. The highest BCUT2D eigenvalue weighted by molar-refractivity contribution is 8.45. The minimum atomic E-state index is -10.2. The Hall–Kier alpha value is -1.91. The van der Waals surface area contributed by atoms with Crippen LogP contribution in [-0.4, -0.2) is 24.2 Å². The molecule has 0 aliphatic heterocycles. The molecule has 0 N–H and O–H groups in total. The molecule has 1 aromatic heterocycles. The Balaban J connectivity index is 3.13. The van der Waals surface area contributed by atoms with E-state index in [1.165, 1.54) is 13.8 Å². The van der Waals surface area contributed by atoms with Gasteiger partial charge < -0.3 is 9.47 Å². The Bertz CT molecular complexity index is 884. The molecule has 0 atom stereocenters. The first-order valence-electron chi connectivity index (χ1n) is 7.42. The van der Waals surface area contributed by atoms with Crippen LogP contribution in [0.4, 0.5) is 23.8 Å². The van der Waals surface area contributed by atoms with Crippen molar-refractivity contribution in [1.29, 1.82) is 0 Å². The van der Waals surface area contributed by atoms with E-state index in [2.05, 4.69) is 9.97 Å². The molecule has 0 spiro atoms. The molecular formula is C15H18F6N2O2S. The fraction of sp³-hybridized carbons (Fsp3) is 0.467. The second-order valence-corrected chi connectivity index (χ2v) is 8.71. The summed E-state index contributed by atoms with van der Waals surface area (Å²) < 4.78 is 92.3. The van der Waals surface area contributed by atoms with Crippen molar-refractivity contribution < 1.29 is 33.3 Å². The highest BCUT2D eigenvalue weighted by atomic mass is 32.5. The minimum Gasteiger partial charge on any atom is -0.493 e. The Labute approximate surface area is 146 Å². The van der Waals surface area contributed by atoms with Gasteiger partial charge in [0.1, 0.15) is 11.3 Å². The van der Waals surface area contributed by atoms with Crippen LogP contribution in [0.2, 0.25) is 0 Å². The largest absolute Gasteiger partial charge is 0.493 e. The summed E-state index contributed by atoms with van der Waals surface area (Å²) in [4.78, 5) is 6.94. The smallest absolute Gasteiger partial charge is 0.326 e. The number of aromatic nitrogens is 2. The first-order valence-corrected chi connectivity index (χ1v) is 9.37. The standard InChI is InChI=1S/C15H18F6N2O2S/c1-6-15(2,3)14-22-11-8(13(23-14)26(17,18,19,20)21)7-9(24-4)12(25-5)10(11)16/h7H,6H2,1-5H3. The van der Waals surface area contributed by atoms with Gasteiger partial charge in [0.05, 0.1) is 14.2 Å². The molecular weight excluding hydrogens is 386 g/mol. The molecule has 1 heterocycles. The van der Waals surface area contributed by atoms with E-state index in [0.717, 1.165) is 14.2 Å². The van der Waals surface area contributed by atoms with Gasteiger partial charge >= 0.3 is 10.2 Å². The Kier molecular flexibility index (Phi) is 4.16. The third-order valence-corrected chi connectivity index (χ3v) is 5.14. The second-order valence-electron chi connectivity index (χ2n) is 6.38. The number of ether oxygens (including phenoxy) is 2. The summed E-state index contributed by atoms with van der Waals surface area (Å²) in [5.41, 5.74) is -2.00. The minimum absolute atomic E-state index is 0.243. The third kappa shape index (κ3) is 3.49. The SMILES string of the molecule is CCC(C)(C)c1nc(S(F)(F)(F)(F)F)c2cc(OC)c(OC)c(F)c2n1. The average Bonchev–Trinajstić information content (AvgIpc) is 2.51. The van der Waals surface area contributed by atoms with Crippen LogP contribution in [0.3, 0.4) is 0 Å².